The van der Waals surface area contributed by atoms with E-state index < -0.39 is 5.82 Å². The smallest absolute Gasteiger partial charge is 0.219 e. The van der Waals surface area contributed by atoms with E-state index in [0.29, 0.717) is 16.9 Å². The topological polar surface area (TPSA) is 73.5 Å². The molecule has 0 amide bonds. The van der Waals surface area contributed by atoms with E-state index in [-0.39, 0.29) is 5.56 Å². The molecular formula is C17H14BFN6. The van der Waals surface area contributed by atoms with Crippen LogP contribution in [0.4, 0.5) is 10.2 Å². The van der Waals surface area contributed by atoms with Gasteiger partial charge in [-0.1, -0.05) is 0 Å². The molecule has 1 N–H and O–H groups in total. The Hall–Kier alpha value is -3.34. The Labute approximate surface area is 144 Å². The van der Waals surface area contributed by atoms with Gasteiger partial charge in [0.05, 0.1) is 23.5 Å². The summed E-state index contributed by atoms with van der Waals surface area (Å²) in [6, 6.07) is 8.17. The van der Waals surface area contributed by atoms with Gasteiger partial charge in [-0.3, -0.25) is 0 Å². The zero-order chi connectivity index (χ0) is 17.7. The summed E-state index contributed by atoms with van der Waals surface area (Å²) in [5, 5.41) is 9.97. The molecule has 0 saturated heterocycles. The SMILES string of the molecule is BN(C)c1nc2[nH]c(-c3cc(F)cc(C#N)c3)cc2c2c1ncn2C. The van der Waals surface area contributed by atoms with Crippen molar-refractivity contribution in [1.29, 1.82) is 5.26 Å². The van der Waals surface area contributed by atoms with Crippen LogP contribution in [0.1, 0.15) is 5.56 Å². The van der Waals surface area contributed by atoms with Crippen molar-refractivity contribution in [3.05, 3.63) is 42.0 Å². The van der Waals surface area contributed by atoms with Crippen LogP contribution in [0, 0.1) is 17.1 Å². The molecule has 0 bridgehead atoms. The normalized spacial score (nSPS) is 11.1. The molecule has 3 aromatic heterocycles. The number of H-pyrrole nitrogens is 1. The largest absolute Gasteiger partial charge is 0.408 e. The highest BCUT2D eigenvalue weighted by Gasteiger charge is 2.17. The third-order valence-electron chi connectivity index (χ3n) is 4.18. The number of pyridine rings is 1. The van der Waals surface area contributed by atoms with Gasteiger partial charge in [0.25, 0.3) is 0 Å². The van der Waals surface area contributed by atoms with Crippen molar-refractivity contribution in [2.75, 3.05) is 11.9 Å². The minimum atomic E-state index is -0.444. The van der Waals surface area contributed by atoms with Gasteiger partial charge in [0.1, 0.15) is 22.8 Å². The van der Waals surface area contributed by atoms with Gasteiger partial charge in [0, 0.05) is 23.7 Å². The number of aromatic nitrogens is 4. The molecule has 0 unspecified atom stereocenters. The van der Waals surface area contributed by atoms with E-state index in [9.17, 15) is 4.39 Å². The molecule has 0 spiro atoms. The highest BCUT2D eigenvalue weighted by molar-refractivity contribution is 6.20. The van der Waals surface area contributed by atoms with Crippen molar-refractivity contribution in [3.63, 3.8) is 0 Å². The number of hydrogen-bond donors (Lipinski definition) is 1. The standard InChI is InChI=1S/C17H14BFN6/c1-24-8-21-14-15(24)12-6-13(22-16(12)23-17(14)25(2)18)10-3-9(7-20)4-11(19)5-10/h3-6,8H,18H2,1-2H3,(H,22,23). The summed E-state index contributed by atoms with van der Waals surface area (Å²) in [5.41, 5.74) is 4.04. The Kier molecular flexibility index (Phi) is 3.25. The van der Waals surface area contributed by atoms with Gasteiger partial charge >= 0.3 is 0 Å². The van der Waals surface area contributed by atoms with Crippen LogP contribution in [0.5, 0.6) is 0 Å². The lowest BCUT2D eigenvalue weighted by molar-refractivity contribution is 0.628. The minimum absolute atomic E-state index is 0.279. The number of hydrogen-bond acceptors (Lipinski definition) is 4. The van der Waals surface area contributed by atoms with Crippen LogP contribution in [0.25, 0.3) is 33.3 Å². The lowest BCUT2D eigenvalue weighted by atomic mass is 10.1. The zero-order valence-corrected chi connectivity index (χ0v) is 14.0. The fourth-order valence-corrected chi connectivity index (χ4v) is 3.06. The molecule has 4 aromatic rings. The van der Waals surface area contributed by atoms with E-state index in [4.69, 9.17) is 5.26 Å². The van der Waals surface area contributed by atoms with Crippen molar-refractivity contribution in [2.45, 2.75) is 0 Å². The van der Waals surface area contributed by atoms with Crippen LogP contribution in [0.3, 0.4) is 0 Å². The summed E-state index contributed by atoms with van der Waals surface area (Å²) in [4.78, 5) is 14.3. The quantitative estimate of drug-likeness (QED) is 0.571. The molecule has 0 aliphatic carbocycles. The molecule has 1 aromatic carbocycles. The summed E-state index contributed by atoms with van der Waals surface area (Å²) in [5.74, 6) is 0.314. The number of rotatable bonds is 2. The summed E-state index contributed by atoms with van der Waals surface area (Å²) < 4.78 is 15.7. The summed E-state index contributed by atoms with van der Waals surface area (Å²) >= 11 is 0. The minimum Gasteiger partial charge on any atom is -0.408 e. The molecule has 8 heteroatoms. The van der Waals surface area contributed by atoms with E-state index in [2.05, 4.69) is 15.0 Å². The van der Waals surface area contributed by atoms with Gasteiger partial charge in [-0.15, -0.1) is 0 Å². The second-order valence-corrected chi connectivity index (χ2v) is 6.17. The summed E-state index contributed by atoms with van der Waals surface area (Å²) in [6.07, 6.45) is 1.75. The molecule has 6 nitrogen and oxygen atoms in total. The van der Waals surface area contributed by atoms with Gasteiger partial charge < -0.3 is 14.4 Å². The van der Waals surface area contributed by atoms with Crippen LogP contribution >= 0.6 is 0 Å². The average molecular weight is 332 g/mol. The average Bonchev–Trinajstić information content (AvgIpc) is 3.16. The van der Waals surface area contributed by atoms with Crippen LogP contribution in [0.15, 0.2) is 30.6 Å². The van der Waals surface area contributed by atoms with Crippen molar-refractivity contribution < 1.29 is 4.39 Å². The Morgan fingerprint density at radius 2 is 2.12 bits per heavy atom. The Morgan fingerprint density at radius 1 is 1.32 bits per heavy atom. The molecule has 0 aliphatic rings. The number of fused-ring (bicyclic) bond motifs is 3. The number of nitriles is 1. The van der Waals surface area contributed by atoms with E-state index in [1.165, 1.54) is 12.1 Å². The number of nitrogens with one attached hydrogen (secondary N) is 1. The zero-order valence-electron chi connectivity index (χ0n) is 14.0. The highest BCUT2D eigenvalue weighted by Crippen LogP contribution is 2.32. The Bertz CT molecular complexity index is 1170. The molecular weight excluding hydrogens is 318 g/mol. The summed E-state index contributed by atoms with van der Waals surface area (Å²) in [6.45, 7) is 0. The molecule has 0 radical (unpaired) electrons. The fraction of sp³-hybridized carbons (Fsp3) is 0.118. The van der Waals surface area contributed by atoms with Crippen molar-refractivity contribution >= 4 is 35.9 Å². The molecule has 0 fully saturated rings. The molecule has 0 aliphatic heterocycles. The van der Waals surface area contributed by atoms with Crippen LogP contribution < -0.4 is 4.81 Å². The van der Waals surface area contributed by atoms with Crippen molar-refractivity contribution in [1.82, 2.24) is 19.5 Å². The van der Waals surface area contributed by atoms with Gasteiger partial charge in [-0.25, -0.2) is 14.4 Å². The lowest BCUT2D eigenvalue weighted by Gasteiger charge is -2.12. The Morgan fingerprint density at radius 3 is 2.84 bits per heavy atom. The van der Waals surface area contributed by atoms with Gasteiger partial charge in [0.15, 0.2) is 0 Å². The number of benzene rings is 1. The Balaban J connectivity index is 2.03. The monoisotopic (exact) mass is 332 g/mol. The second-order valence-electron chi connectivity index (χ2n) is 6.17. The maximum atomic E-state index is 13.8. The number of halogens is 1. The lowest BCUT2D eigenvalue weighted by Crippen LogP contribution is -2.13. The number of nitrogens with zero attached hydrogens (tertiary/aromatic N) is 5. The number of anilines is 1. The maximum Gasteiger partial charge on any atom is 0.219 e. The van der Waals surface area contributed by atoms with Crippen LogP contribution in [0.2, 0.25) is 0 Å². The van der Waals surface area contributed by atoms with E-state index >= 15 is 0 Å². The highest BCUT2D eigenvalue weighted by atomic mass is 19.1. The van der Waals surface area contributed by atoms with Crippen LogP contribution in [-0.2, 0) is 7.05 Å². The third-order valence-corrected chi connectivity index (χ3v) is 4.18. The summed E-state index contributed by atoms with van der Waals surface area (Å²) in [7, 11) is 5.76. The number of aryl methyl sites for hydroxylation is 1. The molecule has 4 rings (SSSR count). The van der Waals surface area contributed by atoms with E-state index in [1.807, 2.05) is 43.6 Å². The molecule has 0 saturated carbocycles. The molecule has 3 heterocycles. The first kappa shape index (κ1) is 15.2. The first-order chi connectivity index (χ1) is 12.0. The third kappa shape index (κ3) is 2.32. The van der Waals surface area contributed by atoms with Gasteiger partial charge in [0.2, 0.25) is 7.98 Å². The van der Waals surface area contributed by atoms with Crippen molar-refractivity contribution in [3.8, 4) is 17.3 Å². The van der Waals surface area contributed by atoms with Crippen LogP contribution in [-0.4, -0.2) is 34.5 Å². The van der Waals surface area contributed by atoms with Gasteiger partial charge in [-0.2, -0.15) is 5.26 Å². The first-order valence-electron chi connectivity index (χ1n) is 7.70. The molecule has 0 atom stereocenters. The van der Waals surface area contributed by atoms with Crippen molar-refractivity contribution in [2.24, 2.45) is 7.05 Å². The fourth-order valence-electron chi connectivity index (χ4n) is 3.06. The molecule has 122 valence electrons. The van der Waals surface area contributed by atoms with E-state index in [0.717, 1.165) is 22.2 Å². The van der Waals surface area contributed by atoms with E-state index in [1.54, 1.807) is 12.4 Å². The predicted molar refractivity (Wildman–Crippen MR) is 97.4 cm³/mol. The van der Waals surface area contributed by atoms with Gasteiger partial charge in [-0.05, 0) is 31.3 Å². The first-order valence-corrected chi connectivity index (χ1v) is 7.70. The second kappa shape index (κ2) is 5.35. The molecule has 25 heavy (non-hydrogen) atoms. The number of imidazole rings is 1. The number of aromatic amines is 1. The predicted octanol–water partition coefficient (Wildman–Crippen LogP) is 2.11. The maximum absolute atomic E-state index is 13.8.